The van der Waals surface area contributed by atoms with E-state index in [0.717, 1.165) is 37.2 Å². The second-order valence-electron chi connectivity index (χ2n) is 5.37. The Labute approximate surface area is 122 Å². The second-order valence-corrected chi connectivity index (χ2v) is 6.57. The lowest BCUT2D eigenvalue weighted by molar-refractivity contribution is -0.158. The third kappa shape index (κ3) is 2.44. The lowest BCUT2D eigenvalue weighted by Crippen LogP contribution is -2.60. The van der Waals surface area contributed by atoms with Crippen LogP contribution in [0.1, 0.15) is 36.1 Å². The van der Waals surface area contributed by atoms with Gasteiger partial charge in [0.25, 0.3) is 0 Å². The van der Waals surface area contributed by atoms with Crippen LogP contribution in [0.4, 0.5) is 0 Å². The number of aromatic nitrogens is 1. The van der Waals surface area contributed by atoms with Crippen LogP contribution in [0.15, 0.2) is 6.20 Å². The Morgan fingerprint density at radius 2 is 2.25 bits per heavy atom. The molecule has 0 radical (unpaired) electrons. The number of thiazole rings is 1. The van der Waals surface area contributed by atoms with Gasteiger partial charge in [-0.1, -0.05) is 6.92 Å². The summed E-state index contributed by atoms with van der Waals surface area (Å²) in [5.41, 5.74) is 0. The zero-order valence-electron chi connectivity index (χ0n) is 11.7. The normalized spacial score (nSPS) is 23.1. The molecule has 0 aliphatic carbocycles. The maximum absolute atomic E-state index is 12.5. The first kappa shape index (κ1) is 13.5. The van der Waals surface area contributed by atoms with Crippen LogP contribution in [0.3, 0.4) is 0 Å². The standard InChI is InChI=1S/C14H19N3O2S/c1-2-10-7-15-12(20-10)8-16-9-13(18)17-6-4-3-5-11(17)14(16)19/h7,11H,2-6,8-9H2,1H3. The number of amides is 2. The summed E-state index contributed by atoms with van der Waals surface area (Å²) in [4.78, 5) is 33.6. The van der Waals surface area contributed by atoms with E-state index in [-0.39, 0.29) is 24.4 Å². The molecule has 0 saturated carbocycles. The third-order valence-electron chi connectivity index (χ3n) is 4.02. The van der Waals surface area contributed by atoms with Crippen molar-refractivity contribution >= 4 is 23.2 Å². The molecule has 3 heterocycles. The van der Waals surface area contributed by atoms with E-state index in [1.807, 2.05) is 6.20 Å². The average molecular weight is 293 g/mol. The zero-order valence-corrected chi connectivity index (χ0v) is 12.5. The van der Waals surface area contributed by atoms with Crippen molar-refractivity contribution in [1.29, 1.82) is 0 Å². The minimum atomic E-state index is -0.226. The molecule has 0 aromatic carbocycles. The summed E-state index contributed by atoms with van der Waals surface area (Å²) in [5, 5.41) is 0.923. The van der Waals surface area contributed by atoms with Crippen molar-refractivity contribution in [1.82, 2.24) is 14.8 Å². The van der Waals surface area contributed by atoms with Crippen molar-refractivity contribution in [3.8, 4) is 0 Å². The molecule has 0 spiro atoms. The van der Waals surface area contributed by atoms with Gasteiger partial charge in [0.05, 0.1) is 6.54 Å². The quantitative estimate of drug-likeness (QED) is 0.847. The summed E-state index contributed by atoms with van der Waals surface area (Å²) in [6, 6.07) is -0.226. The molecular formula is C14H19N3O2S. The molecule has 1 unspecified atom stereocenters. The fourth-order valence-electron chi connectivity index (χ4n) is 2.91. The smallest absolute Gasteiger partial charge is 0.246 e. The van der Waals surface area contributed by atoms with Crippen molar-refractivity contribution in [2.24, 2.45) is 0 Å². The van der Waals surface area contributed by atoms with Crippen LogP contribution >= 0.6 is 11.3 Å². The minimum Gasteiger partial charge on any atom is -0.329 e. The fraction of sp³-hybridized carbons (Fsp3) is 0.643. The van der Waals surface area contributed by atoms with Gasteiger partial charge in [-0.25, -0.2) is 4.98 Å². The molecule has 0 bridgehead atoms. The number of nitrogens with zero attached hydrogens (tertiary/aromatic N) is 3. The molecule has 1 aromatic rings. The molecule has 2 amide bonds. The molecule has 5 nitrogen and oxygen atoms in total. The number of piperidine rings is 1. The summed E-state index contributed by atoms with van der Waals surface area (Å²) in [7, 11) is 0. The van der Waals surface area contributed by atoms with Gasteiger partial charge in [0.15, 0.2) is 0 Å². The first-order valence-corrected chi connectivity index (χ1v) is 8.02. The number of fused-ring (bicyclic) bond motifs is 1. The molecule has 6 heteroatoms. The van der Waals surface area contributed by atoms with Gasteiger partial charge < -0.3 is 9.80 Å². The summed E-state index contributed by atoms with van der Waals surface area (Å²) in [6.45, 7) is 3.50. The number of rotatable bonds is 3. The number of carbonyl (C=O) groups excluding carboxylic acids is 2. The molecule has 1 aromatic heterocycles. The van der Waals surface area contributed by atoms with E-state index in [9.17, 15) is 9.59 Å². The van der Waals surface area contributed by atoms with Gasteiger partial charge in [-0.2, -0.15) is 0 Å². The van der Waals surface area contributed by atoms with Gasteiger partial charge in [0, 0.05) is 17.6 Å². The average Bonchev–Trinajstić information content (AvgIpc) is 2.92. The van der Waals surface area contributed by atoms with E-state index in [0.29, 0.717) is 6.54 Å². The van der Waals surface area contributed by atoms with Gasteiger partial charge in [0.2, 0.25) is 11.8 Å². The van der Waals surface area contributed by atoms with E-state index in [1.165, 1.54) is 4.88 Å². The number of hydrogen-bond donors (Lipinski definition) is 0. The predicted molar refractivity (Wildman–Crippen MR) is 76.3 cm³/mol. The molecule has 2 saturated heterocycles. The van der Waals surface area contributed by atoms with E-state index in [1.54, 1.807) is 21.1 Å². The van der Waals surface area contributed by atoms with Crippen molar-refractivity contribution in [2.75, 3.05) is 13.1 Å². The van der Waals surface area contributed by atoms with Gasteiger partial charge in [-0.15, -0.1) is 11.3 Å². The van der Waals surface area contributed by atoms with Gasteiger partial charge in [-0.05, 0) is 25.7 Å². The lowest BCUT2D eigenvalue weighted by Gasteiger charge is -2.42. The van der Waals surface area contributed by atoms with E-state index < -0.39 is 0 Å². The molecule has 2 fully saturated rings. The summed E-state index contributed by atoms with van der Waals surface area (Å²) in [5.74, 6) is 0.180. The minimum absolute atomic E-state index is 0.0848. The topological polar surface area (TPSA) is 53.5 Å². The SMILES string of the molecule is CCc1cnc(CN2CC(=O)N3CCCCC3C2=O)s1. The van der Waals surface area contributed by atoms with Crippen molar-refractivity contribution in [3.63, 3.8) is 0 Å². The van der Waals surface area contributed by atoms with Crippen LogP contribution in [0.25, 0.3) is 0 Å². The Bertz CT molecular complexity index is 528. The molecule has 0 N–H and O–H groups in total. The van der Waals surface area contributed by atoms with Crippen LogP contribution in [0.2, 0.25) is 0 Å². The predicted octanol–water partition coefficient (Wildman–Crippen LogP) is 1.43. The Morgan fingerprint density at radius 1 is 1.40 bits per heavy atom. The van der Waals surface area contributed by atoms with E-state index in [2.05, 4.69) is 11.9 Å². The van der Waals surface area contributed by atoms with Crippen molar-refractivity contribution < 1.29 is 9.59 Å². The van der Waals surface area contributed by atoms with Crippen LogP contribution in [0.5, 0.6) is 0 Å². The summed E-state index contributed by atoms with van der Waals surface area (Å²) >= 11 is 1.63. The van der Waals surface area contributed by atoms with Crippen LogP contribution < -0.4 is 0 Å². The van der Waals surface area contributed by atoms with E-state index in [4.69, 9.17) is 0 Å². The van der Waals surface area contributed by atoms with Crippen LogP contribution in [-0.2, 0) is 22.6 Å². The van der Waals surface area contributed by atoms with Crippen LogP contribution in [0, 0.1) is 0 Å². The Kier molecular flexibility index (Phi) is 3.74. The lowest BCUT2D eigenvalue weighted by atomic mass is 9.98. The molecule has 2 aliphatic heterocycles. The van der Waals surface area contributed by atoms with Gasteiger partial charge in [-0.3, -0.25) is 9.59 Å². The fourth-order valence-corrected chi connectivity index (χ4v) is 3.79. The largest absolute Gasteiger partial charge is 0.329 e. The summed E-state index contributed by atoms with van der Waals surface area (Å²) < 4.78 is 0. The highest BCUT2D eigenvalue weighted by atomic mass is 32.1. The first-order chi connectivity index (χ1) is 9.69. The number of carbonyl (C=O) groups is 2. The molecular weight excluding hydrogens is 274 g/mol. The first-order valence-electron chi connectivity index (χ1n) is 7.21. The monoisotopic (exact) mass is 293 g/mol. The highest BCUT2D eigenvalue weighted by Gasteiger charge is 2.40. The maximum Gasteiger partial charge on any atom is 0.246 e. The highest BCUT2D eigenvalue weighted by molar-refractivity contribution is 7.11. The molecule has 3 rings (SSSR count). The Morgan fingerprint density at radius 3 is 3.00 bits per heavy atom. The number of hydrogen-bond acceptors (Lipinski definition) is 4. The Hall–Kier alpha value is -1.43. The summed E-state index contributed by atoms with van der Waals surface area (Å²) in [6.07, 6.45) is 5.68. The van der Waals surface area contributed by atoms with Crippen LogP contribution in [-0.4, -0.2) is 45.7 Å². The van der Waals surface area contributed by atoms with E-state index >= 15 is 0 Å². The zero-order chi connectivity index (χ0) is 14.1. The van der Waals surface area contributed by atoms with Crippen molar-refractivity contribution in [2.45, 2.75) is 45.2 Å². The molecule has 20 heavy (non-hydrogen) atoms. The van der Waals surface area contributed by atoms with Gasteiger partial charge >= 0.3 is 0 Å². The highest BCUT2D eigenvalue weighted by Crippen LogP contribution is 2.25. The number of aryl methyl sites for hydroxylation is 1. The second kappa shape index (κ2) is 5.52. The molecule has 1 atom stereocenters. The molecule has 108 valence electrons. The maximum atomic E-state index is 12.5. The molecule has 2 aliphatic rings. The van der Waals surface area contributed by atoms with Crippen molar-refractivity contribution in [3.05, 3.63) is 16.1 Å². The van der Waals surface area contributed by atoms with Gasteiger partial charge in [0.1, 0.15) is 17.6 Å². The Balaban J connectivity index is 1.73. The third-order valence-corrected chi connectivity index (χ3v) is 5.15. The number of piperazine rings is 1.